The third-order valence-electron chi connectivity index (χ3n) is 2.19. The molecule has 0 saturated carbocycles. The molecule has 1 aromatic carbocycles. The number of amides is 2. The fourth-order valence-corrected chi connectivity index (χ4v) is 1.63. The lowest BCUT2D eigenvalue weighted by Crippen LogP contribution is -2.41. The standard InChI is InChI=1S/C12H9IN4O2/c13-9-3-1-8(2-4-9)11(18)16-17-12(19)10-7-14-5-6-15-10/h1-7H,(H,16,18)(H,17,19). The molecule has 2 rings (SSSR count). The van der Waals surface area contributed by atoms with Gasteiger partial charge in [-0.15, -0.1) is 0 Å². The van der Waals surface area contributed by atoms with Crippen LogP contribution in [0.3, 0.4) is 0 Å². The van der Waals surface area contributed by atoms with Gasteiger partial charge in [-0.2, -0.15) is 0 Å². The predicted molar refractivity (Wildman–Crippen MR) is 76.1 cm³/mol. The summed E-state index contributed by atoms with van der Waals surface area (Å²) in [6.45, 7) is 0. The fourth-order valence-electron chi connectivity index (χ4n) is 1.27. The number of nitrogens with zero attached hydrogens (tertiary/aromatic N) is 2. The second-order valence-electron chi connectivity index (χ2n) is 3.51. The number of halogens is 1. The first-order chi connectivity index (χ1) is 9.16. The van der Waals surface area contributed by atoms with Gasteiger partial charge in [0, 0.05) is 21.5 Å². The maximum atomic E-state index is 11.7. The van der Waals surface area contributed by atoms with Gasteiger partial charge >= 0.3 is 0 Å². The first-order valence-corrected chi connectivity index (χ1v) is 6.37. The van der Waals surface area contributed by atoms with E-state index in [0.29, 0.717) is 5.56 Å². The van der Waals surface area contributed by atoms with Crippen molar-refractivity contribution in [3.05, 3.63) is 57.7 Å². The Kier molecular flexibility index (Phi) is 4.39. The molecule has 1 heterocycles. The Balaban J connectivity index is 1.94. The highest BCUT2D eigenvalue weighted by molar-refractivity contribution is 14.1. The quantitative estimate of drug-likeness (QED) is 0.616. The molecule has 6 nitrogen and oxygen atoms in total. The van der Waals surface area contributed by atoms with Gasteiger partial charge in [0.1, 0.15) is 5.69 Å². The summed E-state index contributed by atoms with van der Waals surface area (Å²) in [6.07, 6.45) is 4.17. The highest BCUT2D eigenvalue weighted by Gasteiger charge is 2.09. The molecule has 0 radical (unpaired) electrons. The molecular weight excluding hydrogens is 359 g/mol. The van der Waals surface area contributed by atoms with Crippen LogP contribution < -0.4 is 10.9 Å². The van der Waals surface area contributed by atoms with E-state index in [9.17, 15) is 9.59 Å². The van der Waals surface area contributed by atoms with Crippen LogP contribution in [0.2, 0.25) is 0 Å². The molecule has 0 unspecified atom stereocenters. The molecule has 0 fully saturated rings. The summed E-state index contributed by atoms with van der Waals surface area (Å²) in [4.78, 5) is 30.9. The van der Waals surface area contributed by atoms with Crippen LogP contribution >= 0.6 is 22.6 Å². The number of carbonyl (C=O) groups excluding carboxylic acids is 2. The number of benzene rings is 1. The summed E-state index contributed by atoms with van der Waals surface area (Å²) < 4.78 is 1.03. The Hall–Kier alpha value is -2.03. The minimum absolute atomic E-state index is 0.130. The average Bonchev–Trinajstić information content (AvgIpc) is 2.46. The number of hydrogen-bond acceptors (Lipinski definition) is 4. The summed E-state index contributed by atoms with van der Waals surface area (Å²) in [5.41, 5.74) is 5.17. The molecule has 19 heavy (non-hydrogen) atoms. The van der Waals surface area contributed by atoms with Gasteiger partial charge in [-0.1, -0.05) is 0 Å². The van der Waals surface area contributed by atoms with Crippen LogP contribution in [0.15, 0.2) is 42.9 Å². The normalized spacial score (nSPS) is 9.74. The highest BCUT2D eigenvalue weighted by atomic mass is 127. The molecule has 7 heteroatoms. The van der Waals surface area contributed by atoms with Crippen LogP contribution in [0.1, 0.15) is 20.8 Å². The minimum Gasteiger partial charge on any atom is -0.267 e. The van der Waals surface area contributed by atoms with Crippen LogP contribution in [0, 0.1) is 3.57 Å². The average molecular weight is 368 g/mol. The van der Waals surface area contributed by atoms with Crippen LogP contribution in [0.25, 0.3) is 0 Å². The van der Waals surface area contributed by atoms with Crippen LogP contribution in [0.5, 0.6) is 0 Å². The smallest absolute Gasteiger partial charge is 0.267 e. The topological polar surface area (TPSA) is 84.0 Å². The van der Waals surface area contributed by atoms with Gasteiger partial charge in [0.15, 0.2) is 0 Å². The van der Waals surface area contributed by atoms with Gasteiger partial charge < -0.3 is 0 Å². The molecule has 0 spiro atoms. The Morgan fingerprint density at radius 2 is 1.68 bits per heavy atom. The molecule has 0 aliphatic heterocycles. The van der Waals surface area contributed by atoms with E-state index in [4.69, 9.17) is 0 Å². The maximum Gasteiger partial charge on any atom is 0.289 e. The van der Waals surface area contributed by atoms with Gasteiger partial charge in [-0.25, -0.2) is 4.98 Å². The SMILES string of the molecule is O=C(NNC(=O)c1cnccn1)c1ccc(I)cc1. The van der Waals surface area contributed by atoms with Crippen molar-refractivity contribution >= 4 is 34.4 Å². The largest absolute Gasteiger partial charge is 0.289 e. The van der Waals surface area contributed by atoms with Crippen molar-refractivity contribution in [1.82, 2.24) is 20.8 Å². The van der Waals surface area contributed by atoms with Crippen molar-refractivity contribution in [3.8, 4) is 0 Å². The first-order valence-electron chi connectivity index (χ1n) is 5.29. The van der Waals surface area contributed by atoms with Crippen LogP contribution in [-0.4, -0.2) is 21.8 Å². The molecule has 96 valence electrons. The van der Waals surface area contributed by atoms with Crippen molar-refractivity contribution < 1.29 is 9.59 Å². The van der Waals surface area contributed by atoms with Crippen molar-refractivity contribution in [1.29, 1.82) is 0 Å². The summed E-state index contributed by atoms with van der Waals surface area (Å²) >= 11 is 2.14. The molecule has 1 aromatic heterocycles. The monoisotopic (exact) mass is 368 g/mol. The molecule has 0 aliphatic rings. The molecular formula is C12H9IN4O2. The summed E-state index contributed by atoms with van der Waals surface area (Å²) in [6, 6.07) is 6.96. The van der Waals surface area contributed by atoms with Crippen molar-refractivity contribution in [3.63, 3.8) is 0 Å². The number of rotatable bonds is 2. The molecule has 2 N–H and O–H groups in total. The van der Waals surface area contributed by atoms with Gasteiger partial charge in [-0.05, 0) is 46.9 Å². The molecule has 0 saturated heterocycles. The van der Waals surface area contributed by atoms with Gasteiger partial charge in [0.05, 0.1) is 6.20 Å². The number of carbonyl (C=O) groups is 2. The minimum atomic E-state index is -0.521. The van der Waals surface area contributed by atoms with Gasteiger partial charge in [-0.3, -0.25) is 25.4 Å². The van der Waals surface area contributed by atoms with E-state index >= 15 is 0 Å². The van der Waals surface area contributed by atoms with E-state index in [1.807, 2.05) is 0 Å². The van der Waals surface area contributed by atoms with E-state index in [2.05, 4.69) is 43.4 Å². The number of nitrogens with one attached hydrogen (secondary N) is 2. The van der Waals surface area contributed by atoms with E-state index < -0.39 is 11.8 Å². The molecule has 2 amide bonds. The lowest BCUT2D eigenvalue weighted by molar-refractivity contribution is 0.0843. The van der Waals surface area contributed by atoms with Gasteiger partial charge in [0.2, 0.25) is 0 Å². The van der Waals surface area contributed by atoms with E-state index in [-0.39, 0.29) is 5.69 Å². The Morgan fingerprint density at radius 1 is 1.00 bits per heavy atom. The number of hydrogen-bond donors (Lipinski definition) is 2. The predicted octanol–water partition coefficient (Wildman–Crippen LogP) is 1.16. The zero-order valence-corrected chi connectivity index (χ0v) is 11.8. The fraction of sp³-hybridized carbons (Fsp3) is 0. The highest BCUT2D eigenvalue weighted by Crippen LogP contribution is 2.06. The second kappa shape index (κ2) is 6.23. The maximum absolute atomic E-state index is 11.7. The number of hydrazine groups is 1. The van der Waals surface area contributed by atoms with Crippen molar-refractivity contribution in [2.45, 2.75) is 0 Å². The molecule has 0 aliphatic carbocycles. The third kappa shape index (κ3) is 3.71. The Bertz CT molecular complexity index is 586. The second-order valence-corrected chi connectivity index (χ2v) is 4.75. The Morgan fingerprint density at radius 3 is 2.32 bits per heavy atom. The van der Waals surface area contributed by atoms with Crippen LogP contribution in [-0.2, 0) is 0 Å². The van der Waals surface area contributed by atoms with Crippen LogP contribution in [0.4, 0.5) is 0 Å². The van der Waals surface area contributed by atoms with E-state index in [0.717, 1.165) is 3.57 Å². The zero-order valence-electron chi connectivity index (χ0n) is 9.63. The van der Waals surface area contributed by atoms with Gasteiger partial charge in [0.25, 0.3) is 11.8 Å². The van der Waals surface area contributed by atoms with Crippen molar-refractivity contribution in [2.75, 3.05) is 0 Å². The van der Waals surface area contributed by atoms with E-state index in [1.165, 1.54) is 18.6 Å². The number of aromatic nitrogens is 2. The first kappa shape index (κ1) is 13.4. The zero-order chi connectivity index (χ0) is 13.7. The Labute approximate surface area is 122 Å². The third-order valence-corrected chi connectivity index (χ3v) is 2.91. The molecule has 2 aromatic rings. The lowest BCUT2D eigenvalue weighted by Gasteiger charge is -2.06. The lowest BCUT2D eigenvalue weighted by atomic mass is 10.2. The summed E-state index contributed by atoms with van der Waals surface area (Å²) in [5.74, 6) is -0.916. The van der Waals surface area contributed by atoms with E-state index in [1.54, 1.807) is 24.3 Å². The molecule has 0 atom stereocenters. The van der Waals surface area contributed by atoms with Crippen molar-refractivity contribution in [2.24, 2.45) is 0 Å². The summed E-state index contributed by atoms with van der Waals surface area (Å²) in [5, 5.41) is 0. The summed E-state index contributed by atoms with van der Waals surface area (Å²) in [7, 11) is 0. The molecule has 0 bridgehead atoms.